The van der Waals surface area contributed by atoms with Gasteiger partial charge in [-0.15, -0.1) is 0 Å². The number of carbonyl (C=O) groups is 3. The largest absolute Gasteiger partial charge is 0.478 e. The first kappa shape index (κ1) is 20.9. The molecule has 9 heteroatoms. The Morgan fingerprint density at radius 1 is 1.14 bits per heavy atom. The van der Waals surface area contributed by atoms with Crippen molar-refractivity contribution in [2.75, 3.05) is 5.32 Å². The van der Waals surface area contributed by atoms with E-state index in [-0.39, 0.29) is 23.4 Å². The van der Waals surface area contributed by atoms with Crippen molar-refractivity contribution in [1.29, 1.82) is 0 Å². The average Bonchev–Trinajstić information content (AvgIpc) is 2.60. The molecule has 0 saturated carbocycles. The molecule has 28 heavy (non-hydrogen) atoms. The first-order valence-corrected chi connectivity index (χ1v) is 8.53. The van der Waals surface area contributed by atoms with E-state index in [0.29, 0.717) is 18.9 Å². The maximum atomic E-state index is 13.2. The van der Waals surface area contributed by atoms with Crippen molar-refractivity contribution in [3.8, 4) is 0 Å². The zero-order chi connectivity index (χ0) is 20.7. The number of carbonyl (C=O) groups excluding carboxylic acids is 2. The lowest BCUT2D eigenvalue weighted by Crippen LogP contribution is -2.44. The highest BCUT2D eigenvalue weighted by Gasteiger charge is 2.21. The molecule has 1 unspecified atom stereocenters. The molecule has 0 aliphatic heterocycles. The van der Waals surface area contributed by atoms with Crippen LogP contribution < -0.4 is 10.6 Å². The molecule has 2 amide bonds. The normalized spacial score (nSPS) is 11.5. The van der Waals surface area contributed by atoms with Crippen molar-refractivity contribution in [3.63, 3.8) is 0 Å². The van der Waals surface area contributed by atoms with Crippen molar-refractivity contribution >= 4 is 23.6 Å². The fourth-order valence-electron chi connectivity index (χ4n) is 2.51. The maximum absolute atomic E-state index is 13.2. The van der Waals surface area contributed by atoms with Crippen LogP contribution >= 0.6 is 0 Å². The predicted molar refractivity (Wildman–Crippen MR) is 96.7 cm³/mol. The van der Waals surface area contributed by atoms with Gasteiger partial charge in [0.15, 0.2) is 0 Å². The van der Waals surface area contributed by atoms with Gasteiger partial charge in [-0.2, -0.15) is 0 Å². The lowest BCUT2D eigenvalue weighted by molar-refractivity contribution is -0.126. The summed E-state index contributed by atoms with van der Waals surface area (Å²) in [6, 6.07) is 4.55. The number of hydrogen-bond donors (Lipinski definition) is 3. The molecule has 0 aliphatic carbocycles. The molecular weight excluding hydrogens is 372 g/mol. The lowest BCUT2D eigenvalue weighted by atomic mass is 10.1. The molecule has 0 radical (unpaired) electrons. The number of aromatic carboxylic acids is 1. The second kappa shape index (κ2) is 9.54. The monoisotopic (exact) mass is 391 g/mol. The molecule has 0 aliphatic rings. The number of amides is 2. The summed E-state index contributed by atoms with van der Waals surface area (Å²) in [4.78, 5) is 39.3. The molecule has 0 bridgehead atoms. The number of aromatic nitrogens is 1. The Bertz CT molecular complexity index is 852. The number of rotatable bonds is 8. The summed E-state index contributed by atoms with van der Waals surface area (Å²) in [7, 11) is 0. The predicted octanol–water partition coefficient (Wildman–Crippen LogP) is 2.52. The highest BCUT2D eigenvalue weighted by Crippen LogP contribution is 2.10. The molecule has 148 valence electrons. The van der Waals surface area contributed by atoms with Crippen LogP contribution in [0.25, 0.3) is 0 Å². The number of pyridine rings is 1. The van der Waals surface area contributed by atoms with E-state index in [1.165, 1.54) is 12.1 Å². The minimum atomic E-state index is -1.14. The van der Waals surface area contributed by atoms with Gasteiger partial charge in [0.2, 0.25) is 11.8 Å². The van der Waals surface area contributed by atoms with E-state index in [1.807, 2.05) is 6.92 Å². The Kier molecular flexibility index (Phi) is 7.14. The summed E-state index contributed by atoms with van der Waals surface area (Å²) in [5, 5.41) is 13.9. The fourth-order valence-corrected chi connectivity index (χ4v) is 2.51. The third-order valence-electron chi connectivity index (χ3n) is 3.78. The number of carboxylic acids is 1. The maximum Gasteiger partial charge on any atom is 0.337 e. The number of halogens is 2. The van der Waals surface area contributed by atoms with E-state index in [1.54, 1.807) is 0 Å². The van der Waals surface area contributed by atoms with Gasteiger partial charge in [0.05, 0.1) is 12.0 Å². The molecule has 1 atom stereocenters. The number of carboxylic acid groups (broad SMARTS) is 1. The van der Waals surface area contributed by atoms with E-state index in [4.69, 9.17) is 5.11 Å². The molecule has 0 saturated heterocycles. The minimum Gasteiger partial charge on any atom is -0.478 e. The van der Waals surface area contributed by atoms with Crippen LogP contribution in [0.15, 0.2) is 36.5 Å². The van der Waals surface area contributed by atoms with Crippen LogP contribution in [0.2, 0.25) is 0 Å². The molecule has 0 spiro atoms. The quantitative estimate of drug-likeness (QED) is 0.641. The van der Waals surface area contributed by atoms with E-state index >= 15 is 0 Å². The van der Waals surface area contributed by atoms with Crippen LogP contribution in [0, 0.1) is 11.6 Å². The first-order valence-electron chi connectivity index (χ1n) is 8.53. The SMILES string of the molecule is CCCC(NC(=O)Cc1cc(F)cc(F)c1)C(=O)Nc1ccc(C(=O)O)cn1. The van der Waals surface area contributed by atoms with Gasteiger partial charge < -0.3 is 15.7 Å². The molecule has 3 N–H and O–H groups in total. The Hall–Kier alpha value is -3.36. The van der Waals surface area contributed by atoms with Gasteiger partial charge in [-0.05, 0) is 36.2 Å². The van der Waals surface area contributed by atoms with E-state index in [9.17, 15) is 23.2 Å². The van der Waals surface area contributed by atoms with Crippen LogP contribution in [-0.4, -0.2) is 33.9 Å². The minimum absolute atomic E-state index is 0.0289. The number of hydrogen-bond acceptors (Lipinski definition) is 4. The molecule has 2 rings (SSSR count). The Labute approximate surface area is 159 Å². The second-order valence-corrected chi connectivity index (χ2v) is 6.09. The van der Waals surface area contributed by atoms with Gasteiger partial charge in [0, 0.05) is 12.3 Å². The van der Waals surface area contributed by atoms with Gasteiger partial charge >= 0.3 is 5.97 Å². The standard InChI is InChI=1S/C19H19F2N3O4/c1-2-3-15(18(26)24-16-5-4-12(10-22-16)19(27)28)23-17(25)8-11-6-13(20)9-14(21)7-11/h4-7,9-10,15H,2-3,8H2,1H3,(H,23,25)(H,27,28)(H,22,24,26). The van der Waals surface area contributed by atoms with Gasteiger partial charge in [0.1, 0.15) is 23.5 Å². The summed E-state index contributed by atoms with van der Waals surface area (Å²) in [5.41, 5.74) is 0.121. The highest BCUT2D eigenvalue weighted by molar-refractivity contribution is 5.97. The lowest BCUT2D eigenvalue weighted by Gasteiger charge is -2.17. The summed E-state index contributed by atoms with van der Waals surface area (Å²) >= 11 is 0. The zero-order valence-electron chi connectivity index (χ0n) is 15.0. The van der Waals surface area contributed by atoms with E-state index < -0.39 is 35.5 Å². The molecule has 0 fully saturated rings. The highest BCUT2D eigenvalue weighted by atomic mass is 19.1. The number of nitrogens with zero attached hydrogens (tertiary/aromatic N) is 1. The molecule has 7 nitrogen and oxygen atoms in total. The van der Waals surface area contributed by atoms with E-state index in [0.717, 1.165) is 18.3 Å². The summed E-state index contributed by atoms with van der Waals surface area (Å²) in [5.74, 6) is -3.68. The number of anilines is 1. The molecule has 1 aromatic carbocycles. The van der Waals surface area contributed by atoms with Crippen LogP contribution in [-0.2, 0) is 16.0 Å². The summed E-state index contributed by atoms with van der Waals surface area (Å²) < 4.78 is 26.5. The number of nitrogens with one attached hydrogen (secondary N) is 2. The zero-order valence-corrected chi connectivity index (χ0v) is 15.0. The summed E-state index contributed by atoms with van der Waals surface area (Å²) in [6.45, 7) is 1.83. The van der Waals surface area contributed by atoms with Crippen molar-refractivity contribution in [2.45, 2.75) is 32.2 Å². The van der Waals surface area contributed by atoms with Crippen molar-refractivity contribution < 1.29 is 28.3 Å². The van der Waals surface area contributed by atoms with Gasteiger partial charge in [0.25, 0.3) is 0 Å². The van der Waals surface area contributed by atoms with Crippen molar-refractivity contribution in [3.05, 3.63) is 59.3 Å². The van der Waals surface area contributed by atoms with Crippen LogP contribution in [0.1, 0.15) is 35.7 Å². The van der Waals surface area contributed by atoms with E-state index in [2.05, 4.69) is 15.6 Å². The second-order valence-electron chi connectivity index (χ2n) is 6.09. The van der Waals surface area contributed by atoms with Crippen LogP contribution in [0.3, 0.4) is 0 Å². The van der Waals surface area contributed by atoms with Gasteiger partial charge in [-0.3, -0.25) is 9.59 Å². The first-order chi connectivity index (χ1) is 13.3. The van der Waals surface area contributed by atoms with Gasteiger partial charge in [-0.1, -0.05) is 13.3 Å². The molecule has 1 aromatic heterocycles. The molecule has 2 aromatic rings. The Balaban J connectivity index is 2.01. The van der Waals surface area contributed by atoms with Crippen LogP contribution in [0.5, 0.6) is 0 Å². The smallest absolute Gasteiger partial charge is 0.337 e. The van der Waals surface area contributed by atoms with Crippen molar-refractivity contribution in [1.82, 2.24) is 10.3 Å². The molecule has 1 heterocycles. The third-order valence-corrected chi connectivity index (χ3v) is 3.78. The topological polar surface area (TPSA) is 108 Å². The number of benzene rings is 1. The average molecular weight is 391 g/mol. The van der Waals surface area contributed by atoms with Gasteiger partial charge in [-0.25, -0.2) is 18.6 Å². The van der Waals surface area contributed by atoms with Crippen molar-refractivity contribution in [2.24, 2.45) is 0 Å². The summed E-state index contributed by atoms with van der Waals surface area (Å²) in [6.07, 6.45) is 1.75. The van der Waals surface area contributed by atoms with Crippen LogP contribution in [0.4, 0.5) is 14.6 Å². The Morgan fingerprint density at radius 3 is 2.36 bits per heavy atom. The molecular formula is C19H19F2N3O4. The Morgan fingerprint density at radius 2 is 1.82 bits per heavy atom. The third kappa shape index (κ3) is 6.11. The fraction of sp³-hybridized carbons (Fsp3) is 0.263.